The van der Waals surface area contributed by atoms with E-state index in [4.69, 9.17) is 16.3 Å². The summed E-state index contributed by atoms with van der Waals surface area (Å²) in [7, 11) is 0. The fourth-order valence-electron chi connectivity index (χ4n) is 2.98. The third-order valence-electron chi connectivity index (χ3n) is 4.45. The highest BCUT2D eigenvalue weighted by atomic mass is 35.5. The first-order chi connectivity index (χ1) is 12.0. The van der Waals surface area contributed by atoms with Crippen molar-refractivity contribution in [2.75, 3.05) is 39.3 Å². The second-order valence-corrected chi connectivity index (χ2v) is 6.59. The van der Waals surface area contributed by atoms with Crippen LogP contribution in [0.5, 0.6) is 5.75 Å². The molecule has 0 aliphatic carbocycles. The summed E-state index contributed by atoms with van der Waals surface area (Å²) in [5.74, 6) is 0.113. The number of piperazine rings is 1. The summed E-state index contributed by atoms with van der Waals surface area (Å²) in [4.78, 5) is 39.2. The zero-order chi connectivity index (χ0) is 17.8. The van der Waals surface area contributed by atoms with Crippen molar-refractivity contribution in [1.82, 2.24) is 15.1 Å². The molecule has 7 nitrogen and oxygen atoms in total. The van der Waals surface area contributed by atoms with Crippen molar-refractivity contribution in [2.24, 2.45) is 5.92 Å². The van der Waals surface area contributed by atoms with E-state index >= 15 is 0 Å². The molecule has 3 amide bonds. The maximum absolute atomic E-state index is 12.4. The topological polar surface area (TPSA) is 79.0 Å². The van der Waals surface area contributed by atoms with Gasteiger partial charge in [-0.15, -0.1) is 0 Å². The van der Waals surface area contributed by atoms with Crippen LogP contribution in [0, 0.1) is 5.92 Å². The number of halogens is 1. The van der Waals surface area contributed by atoms with Gasteiger partial charge in [-0.05, 0) is 24.3 Å². The minimum atomic E-state index is -0.275. The first-order valence-electron chi connectivity index (χ1n) is 8.24. The molecule has 0 saturated carbocycles. The molecule has 0 aromatic heterocycles. The van der Waals surface area contributed by atoms with Crippen molar-refractivity contribution in [2.45, 2.75) is 6.42 Å². The predicted molar refractivity (Wildman–Crippen MR) is 91.2 cm³/mol. The van der Waals surface area contributed by atoms with E-state index in [1.807, 2.05) is 0 Å². The highest BCUT2D eigenvalue weighted by molar-refractivity contribution is 6.30. The van der Waals surface area contributed by atoms with Crippen molar-refractivity contribution >= 4 is 29.3 Å². The second kappa shape index (κ2) is 7.74. The molecule has 1 aromatic rings. The first-order valence-corrected chi connectivity index (χ1v) is 8.62. The van der Waals surface area contributed by atoms with Gasteiger partial charge < -0.3 is 19.9 Å². The zero-order valence-corrected chi connectivity index (χ0v) is 14.5. The Morgan fingerprint density at radius 3 is 2.36 bits per heavy atom. The third kappa shape index (κ3) is 4.42. The van der Waals surface area contributed by atoms with Crippen LogP contribution < -0.4 is 10.1 Å². The average Bonchev–Trinajstić information content (AvgIpc) is 3.07. The lowest BCUT2D eigenvalue weighted by molar-refractivity contribution is -0.142. The van der Waals surface area contributed by atoms with Crippen LogP contribution in [-0.4, -0.2) is 66.9 Å². The molecule has 2 heterocycles. The summed E-state index contributed by atoms with van der Waals surface area (Å²) in [6, 6.07) is 6.83. The average molecular weight is 366 g/mol. The van der Waals surface area contributed by atoms with Crippen LogP contribution >= 0.6 is 11.6 Å². The van der Waals surface area contributed by atoms with Crippen LogP contribution in [0.2, 0.25) is 5.02 Å². The van der Waals surface area contributed by atoms with E-state index in [1.54, 1.807) is 34.1 Å². The van der Waals surface area contributed by atoms with Crippen molar-refractivity contribution in [3.8, 4) is 5.75 Å². The number of rotatable bonds is 4. The van der Waals surface area contributed by atoms with Crippen LogP contribution in [0.15, 0.2) is 24.3 Å². The Morgan fingerprint density at radius 2 is 1.76 bits per heavy atom. The van der Waals surface area contributed by atoms with E-state index in [-0.39, 0.29) is 36.7 Å². The number of hydrogen-bond acceptors (Lipinski definition) is 4. The van der Waals surface area contributed by atoms with Gasteiger partial charge in [0.05, 0.1) is 5.92 Å². The van der Waals surface area contributed by atoms with E-state index in [0.717, 1.165) is 0 Å². The van der Waals surface area contributed by atoms with Crippen molar-refractivity contribution < 1.29 is 19.1 Å². The smallest absolute Gasteiger partial charge is 0.260 e. The quantitative estimate of drug-likeness (QED) is 0.844. The Hall–Kier alpha value is -2.28. The number of ether oxygens (including phenoxy) is 1. The van der Waals surface area contributed by atoms with E-state index in [1.165, 1.54) is 0 Å². The molecular weight excluding hydrogens is 346 g/mol. The third-order valence-corrected chi connectivity index (χ3v) is 4.70. The molecule has 2 fully saturated rings. The maximum atomic E-state index is 12.4. The molecule has 2 aliphatic rings. The minimum Gasteiger partial charge on any atom is -0.484 e. The van der Waals surface area contributed by atoms with Crippen molar-refractivity contribution in [3.63, 3.8) is 0 Å². The number of nitrogens with zero attached hydrogens (tertiary/aromatic N) is 2. The normalized spacial score (nSPS) is 20.4. The summed E-state index contributed by atoms with van der Waals surface area (Å²) in [6.07, 6.45) is 0.257. The van der Waals surface area contributed by atoms with E-state index in [2.05, 4.69) is 5.32 Å². The van der Waals surface area contributed by atoms with Gasteiger partial charge in [0, 0.05) is 44.2 Å². The van der Waals surface area contributed by atoms with Crippen LogP contribution in [0.4, 0.5) is 0 Å². The Balaban J connectivity index is 1.43. The Bertz CT molecular complexity index is 656. The summed E-state index contributed by atoms with van der Waals surface area (Å²) in [6.45, 7) is 2.28. The summed E-state index contributed by atoms with van der Waals surface area (Å²) >= 11 is 5.80. The molecule has 1 atom stereocenters. The number of amides is 3. The lowest BCUT2D eigenvalue weighted by Gasteiger charge is -2.35. The van der Waals surface area contributed by atoms with E-state index in [9.17, 15) is 14.4 Å². The molecule has 3 rings (SSSR count). The fourth-order valence-corrected chi connectivity index (χ4v) is 3.11. The van der Waals surface area contributed by atoms with Gasteiger partial charge in [0.1, 0.15) is 5.75 Å². The Labute approximate surface area is 150 Å². The Kier molecular flexibility index (Phi) is 5.43. The number of benzene rings is 1. The maximum Gasteiger partial charge on any atom is 0.260 e. The first kappa shape index (κ1) is 17.5. The summed E-state index contributed by atoms with van der Waals surface area (Å²) in [5, 5.41) is 3.29. The number of carbonyl (C=O) groups excluding carboxylic acids is 3. The van der Waals surface area contributed by atoms with Crippen LogP contribution in [0.25, 0.3) is 0 Å². The fraction of sp³-hybridized carbons (Fsp3) is 0.471. The highest BCUT2D eigenvalue weighted by Gasteiger charge is 2.33. The van der Waals surface area contributed by atoms with E-state index < -0.39 is 0 Å². The molecule has 1 N–H and O–H groups in total. The lowest BCUT2D eigenvalue weighted by Crippen LogP contribution is -2.53. The standard InChI is InChI=1S/C17H20ClN3O4/c18-13-1-3-14(4-2-13)25-11-16(23)20-5-7-21(8-6-20)17(24)12-9-15(22)19-10-12/h1-4,12H,5-11H2,(H,19,22). The van der Waals surface area contributed by atoms with Gasteiger partial charge in [0.25, 0.3) is 5.91 Å². The molecule has 25 heavy (non-hydrogen) atoms. The number of hydrogen-bond donors (Lipinski definition) is 1. The van der Waals surface area contributed by atoms with Crippen LogP contribution in [0.1, 0.15) is 6.42 Å². The van der Waals surface area contributed by atoms with Gasteiger partial charge in [-0.3, -0.25) is 14.4 Å². The predicted octanol–water partition coefficient (Wildman–Crippen LogP) is 0.526. The summed E-state index contributed by atoms with van der Waals surface area (Å²) in [5.41, 5.74) is 0. The van der Waals surface area contributed by atoms with Gasteiger partial charge in [-0.2, -0.15) is 0 Å². The van der Waals surface area contributed by atoms with Gasteiger partial charge in [0.2, 0.25) is 11.8 Å². The largest absolute Gasteiger partial charge is 0.484 e. The lowest BCUT2D eigenvalue weighted by atomic mass is 10.1. The minimum absolute atomic E-state index is 0.0112. The molecule has 1 unspecified atom stereocenters. The molecule has 0 bridgehead atoms. The molecule has 8 heteroatoms. The molecule has 1 aromatic carbocycles. The molecule has 0 radical (unpaired) electrons. The Morgan fingerprint density at radius 1 is 1.12 bits per heavy atom. The molecule has 2 aliphatic heterocycles. The van der Waals surface area contributed by atoms with Crippen LogP contribution in [-0.2, 0) is 14.4 Å². The molecule has 0 spiro atoms. The van der Waals surface area contributed by atoms with Gasteiger partial charge in [-0.1, -0.05) is 11.6 Å². The highest BCUT2D eigenvalue weighted by Crippen LogP contribution is 2.17. The summed E-state index contributed by atoms with van der Waals surface area (Å²) < 4.78 is 5.47. The molecular formula is C17H20ClN3O4. The number of nitrogens with one attached hydrogen (secondary N) is 1. The monoisotopic (exact) mass is 365 g/mol. The zero-order valence-electron chi connectivity index (χ0n) is 13.7. The molecule has 2 saturated heterocycles. The van der Waals surface area contributed by atoms with Gasteiger partial charge in [0.15, 0.2) is 6.61 Å². The van der Waals surface area contributed by atoms with Crippen molar-refractivity contribution in [1.29, 1.82) is 0 Å². The number of carbonyl (C=O) groups is 3. The SMILES string of the molecule is O=C1CC(C(=O)N2CCN(C(=O)COc3ccc(Cl)cc3)CC2)CN1. The van der Waals surface area contributed by atoms with Crippen LogP contribution in [0.3, 0.4) is 0 Å². The second-order valence-electron chi connectivity index (χ2n) is 6.15. The van der Waals surface area contributed by atoms with Gasteiger partial charge >= 0.3 is 0 Å². The van der Waals surface area contributed by atoms with E-state index in [0.29, 0.717) is 43.5 Å². The molecule has 134 valence electrons. The van der Waals surface area contributed by atoms with Gasteiger partial charge in [-0.25, -0.2) is 0 Å². The van der Waals surface area contributed by atoms with Crippen molar-refractivity contribution in [3.05, 3.63) is 29.3 Å².